The van der Waals surface area contributed by atoms with Crippen molar-refractivity contribution in [2.24, 2.45) is 0 Å². The summed E-state index contributed by atoms with van der Waals surface area (Å²) in [4.78, 5) is 21.5. The Kier molecular flexibility index (Phi) is 3.49. The second-order valence-corrected chi connectivity index (χ2v) is 3.20. The van der Waals surface area contributed by atoms with Crippen LogP contribution in [-0.2, 0) is 9.59 Å². The second-order valence-electron chi connectivity index (χ2n) is 3.20. The third-order valence-electron chi connectivity index (χ3n) is 1.22. The SMILES string of the molecule is C#CC(C)(C)NC(=O)CC(C)=O. The standard InChI is InChI=1S/C9H13NO2/c1-5-9(3,4)10-8(12)6-7(2)11/h1H,6H2,2-4H3,(H,10,12). The normalized spacial score (nSPS) is 10.2. The number of carbonyl (C=O) groups is 2. The predicted molar refractivity (Wildman–Crippen MR) is 46.4 cm³/mol. The van der Waals surface area contributed by atoms with Crippen LogP contribution < -0.4 is 5.32 Å². The van der Waals surface area contributed by atoms with Crippen LogP contribution in [0.25, 0.3) is 0 Å². The fourth-order valence-corrected chi connectivity index (χ4v) is 0.655. The Morgan fingerprint density at radius 2 is 2.00 bits per heavy atom. The molecule has 0 aliphatic rings. The molecule has 0 fully saturated rings. The number of amides is 1. The molecule has 0 radical (unpaired) electrons. The van der Waals surface area contributed by atoms with Crippen molar-refractivity contribution >= 4 is 11.7 Å². The highest BCUT2D eigenvalue weighted by atomic mass is 16.2. The van der Waals surface area contributed by atoms with Gasteiger partial charge in [-0.05, 0) is 20.8 Å². The highest BCUT2D eigenvalue weighted by molar-refractivity contribution is 5.97. The molecule has 12 heavy (non-hydrogen) atoms. The van der Waals surface area contributed by atoms with Crippen molar-refractivity contribution in [1.29, 1.82) is 0 Å². The zero-order valence-corrected chi connectivity index (χ0v) is 7.60. The number of rotatable bonds is 3. The number of hydrogen-bond donors (Lipinski definition) is 1. The summed E-state index contributed by atoms with van der Waals surface area (Å²) in [7, 11) is 0. The number of nitrogens with one attached hydrogen (secondary N) is 1. The number of terminal acetylenes is 1. The molecule has 0 saturated carbocycles. The first-order valence-corrected chi connectivity index (χ1v) is 3.65. The van der Waals surface area contributed by atoms with Crippen LogP contribution in [0.3, 0.4) is 0 Å². The van der Waals surface area contributed by atoms with Crippen molar-refractivity contribution in [3.63, 3.8) is 0 Å². The van der Waals surface area contributed by atoms with E-state index >= 15 is 0 Å². The zero-order valence-electron chi connectivity index (χ0n) is 7.60. The lowest BCUT2D eigenvalue weighted by molar-refractivity contribution is -0.127. The number of hydrogen-bond acceptors (Lipinski definition) is 2. The van der Waals surface area contributed by atoms with Crippen molar-refractivity contribution in [3.8, 4) is 12.3 Å². The molecule has 66 valence electrons. The average Bonchev–Trinajstić information content (AvgIpc) is 1.84. The van der Waals surface area contributed by atoms with Crippen LogP contribution >= 0.6 is 0 Å². The van der Waals surface area contributed by atoms with Crippen molar-refractivity contribution < 1.29 is 9.59 Å². The molecule has 0 aromatic heterocycles. The molecule has 3 nitrogen and oxygen atoms in total. The van der Waals surface area contributed by atoms with Crippen LogP contribution in [0.1, 0.15) is 27.2 Å². The molecule has 1 N–H and O–H groups in total. The fourth-order valence-electron chi connectivity index (χ4n) is 0.655. The van der Waals surface area contributed by atoms with Gasteiger partial charge in [0.2, 0.25) is 5.91 Å². The van der Waals surface area contributed by atoms with E-state index < -0.39 is 5.54 Å². The van der Waals surface area contributed by atoms with E-state index in [-0.39, 0.29) is 18.1 Å². The maximum absolute atomic E-state index is 11.0. The summed E-state index contributed by atoms with van der Waals surface area (Å²) in [5.41, 5.74) is -0.674. The third-order valence-corrected chi connectivity index (χ3v) is 1.22. The summed E-state index contributed by atoms with van der Waals surface area (Å²) in [5.74, 6) is 1.91. The average molecular weight is 167 g/mol. The Balaban J connectivity index is 4.03. The first kappa shape index (κ1) is 10.7. The smallest absolute Gasteiger partial charge is 0.228 e. The first-order chi connectivity index (χ1) is 5.37. The van der Waals surface area contributed by atoms with Crippen LogP contribution in [0.2, 0.25) is 0 Å². The Morgan fingerprint density at radius 1 is 1.50 bits per heavy atom. The minimum Gasteiger partial charge on any atom is -0.340 e. The maximum Gasteiger partial charge on any atom is 0.228 e. The highest BCUT2D eigenvalue weighted by Crippen LogP contribution is 1.99. The third kappa shape index (κ3) is 4.51. The van der Waals surface area contributed by atoms with E-state index in [0.717, 1.165) is 0 Å². The summed E-state index contributed by atoms with van der Waals surface area (Å²) in [5, 5.41) is 2.54. The molecule has 0 aliphatic heterocycles. The summed E-state index contributed by atoms with van der Waals surface area (Å²) < 4.78 is 0. The van der Waals surface area contributed by atoms with Gasteiger partial charge in [-0.2, -0.15) is 0 Å². The molecule has 0 aliphatic carbocycles. The predicted octanol–water partition coefficient (Wildman–Crippen LogP) is 0.493. The Labute approximate surface area is 72.5 Å². The molecule has 0 atom stereocenters. The van der Waals surface area contributed by atoms with E-state index in [0.29, 0.717) is 0 Å². The van der Waals surface area contributed by atoms with E-state index in [1.54, 1.807) is 13.8 Å². The van der Waals surface area contributed by atoms with E-state index in [2.05, 4.69) is 11.2 Å². The lowest BCUT2D eigenvalue weighted by Crippen LogP contribution is -2.42. The summed E-state index contributed by atoms with van der Waals surface area (Å²) >= 11 is 0. The van der Waals surface area contributed by atoms with Gasteiger partial charge in [-0.1, -0.05) is 5.92 Å². The van der Waals surface area contributed by atoms with Crippen molar-refractivity contribution in [2.75, 3.05) is 0 Å². The van der Waals surface area contributed by atoms with E-state index in [1.165, 1.54) is 6.92 Å². The van der Waals surface area contributed by atoms with E-state index in [4.69, 9.17) is 6.42 Å². The van der Waals surface area contributed by atoms with Crippen LogP contribution in [0.15, 0.2) is 0 Å². The monoisotopic (exact) mass is 167 g/mol. The Hall–Kier alpha value is -1.30. The summed E-state index contributed by atoms with van der Waals surface area (Å²) in [6.07, 6.45) is 5.03. The topological polar surface area (TPSA) is 46.2 Å². The fraction of sp³-hybridized carbons (Fsp3) is 0.556. The Morgan fingerprint density at radius 3 is 2.33 bits per heavy atom. The zero-order chi connectivity index (χ0) is 9.78. The maximum atomic E-state index is 11.0. The number of Topliss-reactive ketones (excluding diaryl/α,β-unsaturated/α-hetero) is 1. The van der Waals surface area contributed by atoms with E-state index in [9.17, 15) is 9.59 Å². The minimum absolute atomic E-state index is 0.106. The molecule has 1 amide bonds. The van der Waals surface area contributed by atoms with Crippen molar-refractivity contribution in [3.05, 3.63) is 0 Å². The number of carbonyl (C=O) groups excluding carboxylic acids is 2. The second kappa shape index (κ2) is 3.91. The van der Waals surface area contributed by atoms with Crippen LogP contribution in [0, 0.1) is 12.3 Å². The van der Waals surface area contributed by atoms with Gasteiger partial charge in [0, 0.05) is 0 Å². The Bertz CT molecular complexity index is 235. The van der Waals surface area contributed by atoms with Crippen LogP contribution in [-0.4, -0.2) is 17.2 Å². The molecule has 0 unspecified atom stereocenters. The molecular formula is C9H13NO2. The van der Waals surface area contributed by atoms with Crippen LogP contribution in [0.4, 0.5) is 0 Å². The minimum atomic E-state index is -0.674. The molecule has 0 spiro atoms. The molecule has 0 heterocycles. The molecule has 0 saturated heterocycles. The highest BCUT2D eigenvalue weighted by Gasteiger charge is 2.17. The molecular weight excluding hydrogens is 154 g/mol. The summed E-state index contributed by atoms with van der Waals surface area (Å²) in [6.45, 7) is 4.76. The van der Waals surface area contributed by atoms with Gasteiger partial charge in [0.05, 0.1) is 12.0 Å². The molecule has 0 aromatic carbocycles. The molecule has 3 heteroatoms. The van der Waals surface area contributed by atoms with Gasteiger partial charge in [-0.3, -0.25) is 9.59 Å². The van der Waals surface area contributed by atoms with Gasteiger partial charge >= 0.3 is 0 Å². The van der Waals surface area contributed by atoms with Gasteiger partial charge in [0.1, 0.15) is 5.78 Å². The van der Waals surface area contributed by atoms with Gasteiger partial charge in [0.25, 0.3) is 0 Å². The molecule has 0 rings (SSSR count). The lowest BCUT2D eigenvalue weighted by atomic mass is 10.1. The lowest BCUT2D eigenvalue weighted by Gasteiger charge is -2.18. The van der Waals surface area contributed by atoms with Gasteiger partial charge in [0.15, 0.2) is 0 Å². The number of ketones is 1. The molecule has 0 aromatic rings. The van der Waals surface area contributed by atoms with Crippen LogP contribution in [0.5, 0.6) is 0 Å². The van der Waals surface area contributed by atoms with Crippen molar-refractivity contribution in [2.45, 2.75) is 32.7 Å². The largest absolute Gasteiger partial charge is 0.340 e. The van der Waals surface area contributed by atoms with Gasteiger partial charge in [-0.15, -0.1) is 6.42 Å². The van der Waals surface area contributed by atoms with Gasteiger partial charge in [-0.25, -0.2) is 0 Å². The quantitative estimate of drug-likeness (QED) is 0.491. The molecule has 0 bridgehead atoms. The van der Waals surface area contributed by atoms with Gasteiger partial charge < -0.3 is 5.32 Å². The van der Waals surface area contributed by atoms with E-state index in [1.807, 2.05) is 0 Å². The van der Waals surface area contributed by atoms with Crippen molar-refractivity contribution in [1.82, 2.24) is 5.32 Å². The first-order valence-electron chi connectivity index (χ1n) is 3.65. The summed E-state index contributed by atoms with van der Waals surface area (Å²) in [6, 6.07) is 0.